The Kier molecular flexibility index (Phi) is 3.62. The molecule has 1 heterocycles. The van der Waals surface area contributed by atoms with Gasteiger partial charge in [-0.1, -0.05) is 12.8 Å². The first kappa shape index (κ1) is 10.9. The third-order valence-electron chi connectivity index (χ3n) is 3.63. The van der Waals surface area contributed by atoms with Crippen LogP contribution in [0.4, 0.5) is 0 Å². The van der Waals surface area contributed by atoms with Crippen molar-refractivity contribution in [2.75, 3.05) is 6.54 Å². The maximum atomic E-state index is 10.6. The van der Waals surface area contributed by atoms with Gasteiger partial charge < -0.3 is 5.11 Å². The van der Waals surface area contributed by atoms with Crippen LogP contribution in [0.1, 0.15) is 51.4 Å². The number of carboxylic acids is 1. The van der Waals surface area contributed by atoms with Crippen LogP contribution in [0.3, 0.4) is 0 Å². The van der Waals surface area contributed by atoms with Gasteiger partial charge in [0.15, 0.2) is 0 Å². The Labute approximate surface area is 91.5 Å². The number of rotatable bonds is 4. The molecule has 1 unspecified atom stereocenters. The lowest BCUT2D eigenvalue weighted by Crippen LogP contribution is -2.37. The molecule has 15 heavy (non-hydrogen) atoms. The van der Waals surface area contributed by atoms with Crippen molar-refractivity contribution in [2.45, 2.75) is 63.5 Å². The number of likely N-dealkylation sites (tertiary alicyclic amines) is 1. The average molecular weight is 211 g/mol. The summed E-state index contributed by atoms with van der Waals surface area (Å²) in [5, 5.41) is 8.74. The van der Waals surface area contributed by atoms with E-state index in [4.69, 9.17) is 5.11 Å². The molecule has 1 aliphatic carbocycles. The molecule has 3 heteroatoms. The van der Waals surface area contributed by atoms with Gasteiger partial charge in [0, 0.05) is 18.5 Å². The fourth-order valence-corrected chi connectivity index (χ4v) is 2.69. The van der Waals surface area contributed by atoms with Crippen LogP contribution in [0, 0.1) is 0 Å². The molecule has 1 saturated heterocycles. The molecule has 0 amide bonds. The normalized spacial score (nSPS) is 28.7. The molecule has 1 aliphatic heterocycles. The smallest absolute Gasteiger partial charge is 0.303 e. The monoisotopic (exact) mass is 211 g/mol. The van der Waals surface area contributed by atoms with E-state index in [1.54, 1.807) is 0 Å². The minimum absolute atomic E-state index is 0.341. The minimum Gasteiger partial charge on any atom is -0.481 e. The molecule has 2 fully saturated rings. The Morgan fingerprint density at radius 3 is 2.67 bits per heavy atom. The molecule has 2 aliphatic rings. The summed E-state index contributed by atoms with van der Waals surface area (Å²) in [6.07, 6.45) is 9.00. The van der Waals surface area contributed by atoms with Crippen LogP contribution >= 0.6 is 0 Å². The van der Waals surface area contributed by atoms with Crippen molar-refractivity contribution in [3.8, 4) is 0 Å². The highest BCUT2D eigenvalue weighted by molar-refractivity contribution is 5.66. The van der Waals surface area contributed by atoms with Gasteiger partial charge >= 0.3 is 5.97 Å². The van der Waals surface area contributed by atoms with E-state index < -0.39 is 5.97 Å². The summed E-state index contributed by atoms with van der Waals surface area (Å²) in [6.45, 7) is 1.20. The molecule has 3 nitrogen and oxygen atoms in total. The van der Waals surface area contributed by atoms with E-state index in [-0.39, 0.29) is 0 Å². The van der Waals surface area contributed by atoms with Crippen LogP contribution in [-0.4, -0.2) is 34.6 Å². The van der Waals surface area contributed by atoms with Crippen molar-refractivity contribution in [3.63, 3.8) is 0 Å². The third-order valence-corrected chi connectivity index (χ3v) is 3.63. The first-order chi connectivity index (χ1) is 7.27. The highest BCUT2D eigenvalue weighted by atomic mass is 16.4. The zero-order valence-corrected chi connectivity index (χ0v) is 9.32. The minimum atomic E-state index is -0.644. The van der Waals surface area contributed by atoms with E-state index in [1.807, 2.05) is 0 Å². The Morgan fingerprint density at radius 2 is 2.00 bits per heavy atom. The van der Waals surface area contributed by atoms with Crippen LogP contribution in [0.15, 0.2) is 0 Å². The van der Waals surface area contributed by atoms with Crippen LogP contribution in [0.2, 0.25) is 0 Å². The molecule has 1 N–H and O–H groups in total. The second-order valence-corrected chi connectivity index (χ2v) is 4.90. The third kappa shape index (κ3) is 3.20. The van der Waals surface area contributed by atoms with Gasteiger partial charge in [-0.25, -0.2) is 0 Å². The summed E-state index contributed by atoms with van der Waals surface area (Å²) in [5.41, 5.74) is 0. The van der Waals surface area contributed by atoms with E-state index in [0.717, 1.165) is 12.5 Å². The van der Waals surface area contributed by atoms with Gasteiger partial charge in [0.05, 0.1) is 0 Å². The first-order valence-electron chi connectivity index (χ1n) is 6.25. The Morgan fingerprint density at radius 1 is 1.20 bits per heavy atom. The standard InChI is InChI=1S/C12H21NO2/c14-12(15)8-7-10-4-2-1-3-9-13(10)11-5-6-11/h10-11H,1-9H2,(H,14,15). The fraction of sp³-hybridized carbons (Fsp3) is 0.917. The van der Waals surface area contributed by atoms with Gasteiger partial charge in [0.25, 0.3) is 0 Å². The summed E-state index contributed by atoms with van der Waals surface area (Å²) in [4.78, 5) is 13.2. The predicted molar refractivity (Wildman–Crippen MR) is 58.9 cm³/mol. The van der Waals surface area contributed by atoms with Gasteiger partial charge in [-0.05, 0) is 38.6 Å². The molecule has 1 atom stereocenters. The van der Waals surface area contributed by atoms with Gasteiger partial charge in [-0.3, -0.25) is 9.69 Å². The average Bonchev–Trinajstić information content (AvgIpc) is 3.01. The summed E-state index contributed by atoms with van der Waals surface area (Å²) in [5.74, 6) is -0.644. The van der Waals surface area contributed by atoms with Gasteiger partial charge in [0.1, 0.15) is 0 Å². The van der Waals surface area contributed by atoms with E-state index in [0.29, 0.717) is 12.5 Å². The zero-order valence-electron chi connectivity index (χ0n) is 9.32. The molecule has 0 radical (unpaired) electrons. The SMILES string of the molecule is O=C(O)CCC1CCCCCN1C1CC1. The molecule has 0 aromatic carbocycles. The van der Waals surface area contributed by atoms with Crippen molar-refractivity contribution >= 4 is 5.97 Å². The lowest BCUT2D eigenvalue weighted by Gasteiger charge is -2.29. The van der Waals surface area contributed by atoms with E-state index >= 15 is 0 Å². The number of carboxylic acid groups (broad SMARTS) is 1. The van der Waals surface area contributed by atoms with Gasteiger partial charge in [-0.2, -0.15) is 0 Å². The highest BCUT2D eigenvalue weighted by Gasteiger charge is 2.34. The second-order valence-electron chi connectivity index (χ2n) is 4.90. The van der Waals surface area contributed by atoms with Crippen molar-refractivity contribution < 1.29 is 9.90 Å². The molecule has 2 rings (SSSR count). The van der Waals surface area contributed by atoms with Gasteiger partial charge in [0.2, 0.25) is 0 Å². The Balaban J connectivity index is 1.87. The molecule has 0 aromatic heterocycles. The van der Waals surface area contributed by atoms with Crippen LogP contribution in [0.5, 0.6) is 0 Å². The molecule has 0 bridgehead atoms. The number of hydrogen-bond acceptors (Lipinski definition) is 2. The number of carbonyl (C=O) groups is 1. The predicted octanol–water partition coefficient (Wildman–Crippen LogP) is 2.26. The summed E-state index contributed by atoms with van der Waals surface area (Å²) >= 11 is 0. The summed E-state index contributed by atoms with van der Waals surface area (Å²) in [6, 6.07) is 1.35. The van der Waals surface area contributed by atoms with Crippen molar-refractivity contribution in [2.24, 2.45) is 0 Å². The number of nitrogens with zero attached hydrogens (tertiary/aromatic N) is 1. The fourth-order valence-electron chi connectivity index (χ4n) is 2.69. The van der Waals surface area contributed by atoms with E-state index in [2.05, 4.69) is 4.90 Å². The maximum Gasteiger partial charge on any atom is 0.303 e. The van der Waals surface area contributed by atoms with Crippen LogP contribution in [0.25, 0.3) is 0 Å². The zero-order chi connectivity index (χ0) is 10.7. The lowest BCUT2D eigenvalue weighted by molar-refractivity contribution is -0.137. The highest BCUT2D eigenvalue weighted by Crippen LogP contribution is 2.33. The molecule has 0 spiro atoms. The van der Waals surface area contributed by atoms with Crippen molar-refractivity contribution in [1.29, 1.82) is 0 Å². The maximum absolute atomic E-state index is 10.6. The number of aliphatic carboxylic acids is 1. The molecule has 1 saturated carbocycles. The van der Waals surface area contributed by atoms with E-state index in [1.165, 1.54) is 45.1 Å². The van der Waals surface area contributed by atoms with Gasteiger partial charge in [-0.15, -0.1) is 0 Å². The second kappa shape index (κ2) is 4.97. The molecular weight excluding hydrogens is 190 g/mol. The quantitative estimate of drug-likeness (QED) is 0.775. The van der Waals surface area contributed by atoms with Crippen LogP contribution in [-0.2, 0) is 4.79 Å². The first-order valence-corrected chi connectivity index (χ1v) is 6.25. The van der Waals surface area contributed by atoms with Crippen molar-refractivity contribution in [1.82, 2.24) is 4.90 Å². The topological polar surface area (TPSA) is 40.5 Å². The van der Waals surface area contributed by atoms with Crippen molar-refractivity contribution in [3.05, 3.63) is 0 Å². The molecule has 0 aromatic rings. The Hall–Kier alpha value is -0.570. The summed E-state index contributed by atoms with van der Waals surface area (Å²) < 4.78 is 0. The number of hydrogen-bond donors (Lipinski definition) is 1. The molecular formula is C12H21NO2. The Bertz CT molecular complexity index is 226. The largest absolute Gasteiger partial charge is 0.481 e. The van der Waals surface area contributed by atoms with Crippen LogP contribution < -0.4 is 0 Å². The van der Waals surface area contributed by atoms with E-state index in [9.17, 15) is 4.79 Å². The molecule has 86 valence electrons. The lowest BCUT2D eigenvalue weighted by atomic mass is 10.0. The summed E-state index contributed by atoms with van der Waals surface area (Å²) in [7, 11) is 0.